The first kappa shape index (κ1) is 22.0. The lowest BCUT2D eigenvalue weighted by Crippen LogP contribution is -2.46. The largest absolute Gasteiger partial charge is 0.493 e. The van der Waals surface area contributed by atoms with Crippen LogP contribution >= 0.6 is 0 Å². The van der Waals surface area contributed by atoms with Gasteiger partial charge in [-0.2, -0.15) is 0 Å². The minimum atomic E-state index is -0.931. The molecule has 1 N–H and O–H groups in total. The predicted molar refractivity (Wildman–Crippen MR) is 122 cm³/mol. The summed E-state index contributed by atoms with van der Waals surface area (Å²) in [5.41, 5.74) is 2.81. The highest BCUT2D eigenvalue weighted by Crippen LogP contribution is 2.34. The van der Waals surface area contributed by atoms with Crippen molar-refractivity contribution < 1.29 is 19.0 Å². The van der Waals surface area contributed by atoms with Gasteiger partial charge in [-0.05, 0) is 29.8 Å². The average Bonchev–Trinajstić information content (AvgIpc) is 2.84. The smallest absolute Gasteiger partial charge is 0.161 e. The van der Waals surface area contributed by atoms with Crippen molar-refractivity contribution in [3.05, 3.63) is 83.4 Å². The van der Waals surface area contributed by atoms with E-state index in [9.17, 15) is 9.50 Å². The van der Waals surface area contributed by atoms with Crippen LogP contribution in [0, 0.1) is 5.82 Å². The standard InChI is InChI=1S/C25H28FN3O3/c1-31-22-9-8-18(15-23(22)32-2)17-28-11-13-29(14-12-28)24-20(6-3-7-21(24)26)25(30)19-5-4-10-27-16-19/h3-10,15-16,25,30H,11-14,17H2,1-2H3. The van der Waals surface area contributed by atoms with E-state index in [-0.39, 0.29) is 5.82 Å². The Bertz CT molecular complexity index is 1040. The molecule has 32 heavy (non-hydrogen) atoms. The Balaban J connectivity index is 1.47. The molecule has 6 nitrogen and oxygen atoms in total. The molecule has 1 aromatic heterocycles. The van der Waals surface area contributed by atoms with Crippen LogP contribution in [0.1, 0.15) is 22.8 Å². The van der Waals surface area contributed by atoms with E-state index >= 15 is 0 Å². The van der Waals surface area contributed by atoms with E-state index in [4.69, 9.17) is 9.47 Å². The highest BCUT2D eigenvalue weighted by molar-refractivity contribution is 5.58. The fourth-order valence-corrected chi connectivity index (χ4v) is 4.17. The number of hydrogen-bond acceptors (Lipinski definition) is 6. The van der Waals surface area contributed by atoms with Crippen LogP contribution in [0.15, 0.2) is 60.9 Å². The van der Waals surface area contributed by atoms with Gasteiger partial charge >= 0.3 is 0 Å². The first-order valence-corrected chi connectivity index (χ1v) is 10.7. The van der Waals surface area contributed by atoms with E-state index < -0.39 is 6.10 Å². The maximum atomic E-state index is 14.9. The van der Waals surface area contributed by atoms with E-state index in [1.165, 1.54) is 6.07 Å². The normalized spacial score (nSPS) is 15.4. The molecule has 0 amide bonds. The molecule has 0 aliphatic carbocycles. The number of ether oxygens (including phenoxy) is 2. The minimum Gasteiger partial charge on any atom is -0.493 e. The number of rotatable bonds is 7. The van der Waals surface area contributed by atoms with Gasteiger partial charge in [-0.25, -0.2) is 4.39 Å². The molecule has 0 bridgehead atoms. The average molecular weight is 438 g/mol. The van der Waals surface area contributed by atoms with Crippen molar-refractivity contribution in [1.82, 2.24) is 9.88 Å². The Kier molecular flexibility index (Phi) is 6.87. The van der Waals surface area contributed by atoms with Crippen molar-refractivity contribution in [2.75, 3.05) is 45.3 Å². The van der Waals surface area contributed by atoms with Crippen molar-refractivity contribution in [2.24, 2.45) is 0 Å². The monoisotopic (exact) mass is 437 g/mol. The van der Waals surface area contributed by atoms with Gasteiger partial charge in [0.2, 0.25) is 0 Å². The zero-order chi connectivity index (χ0) is 22.5. The lowest BCUT2D eigenvalue weighted by molar-refractivity contribution is 0.218. The number of pyridine rings is 1. The Hall–Kier alpha value is -3.16. The molecule has 0 saturated carbocycles. The number of methoxy groups -OCH3 is 2. The van der Waals surface area contributed by atoms with E-state index in [0.29, 0.717) is 41.4 Å². The highest BCUT2D eigenvalue weighted by atomic mass is 19.1. The van der Waals surface area contributed by atoms with E-state index in [1.54, 1.807) is 50.9 Å². The molecule has 1 aliphatic heterocycles. The zero-order valence-electron chi connectivity index (χ0n) is 18.4. The SMILES string of the molecule is COc1ccc(CN2CCN(c3c(F)cccc3C(O)c3cccnc3)CC2)cc1OC. The van der Waals surface area contributed by atoms with Crippen LogP contribution in [-0.2, 0) is 6.54 Å². The maximum absolute atomic E-state index is 14.9. The summed E-state index contributed by atoms with van der Waals surface area (Å²) in [7, 11) is 3.26. The summed E-state index contributed by atoms with van der Waals surface area (Å²) in [5.74, 6) is 1.10. The summed E-state index contributed by atoms with van der Waals surface area (Å²) >= 11 is 0. The number of aliphatic hydroxyl groups excluding tert-OH is 1. The fraction of sp³-hybridized carbons (Fsp3) is 0.320. The second-order valence-corrected chi connectivity index (χ2v) is 7.82. The molecule has 1 atom stereocenters. The Morgan fingerprint density at radius 2 is 1.78 bits per heavy atom. The lowest BCUT2D eigenvalue weighted by Gasteiger charge is -2.37. The van der Waals surface area contributed by atoms with Crippen LogP contribution < -0.4 is 14.4 Å². The van der Waals surface area contributed by atoms with Gasteiger partial charge in [0, 0.05) is 56.2 Å². The molecular formula is C25H28FN3O3. The molecule has 1 aliphatic rings. The second kappa shape index (κ2) is 9.97. The number of aliphatic hydroxyl groups is 1. The van der Waals surface area contributed by atoms with Gasteiger partial charge in [0.15, 0.2) is 11.5 Å². The summed E-state index contributed by atoms with van der Waals surface area (Å²) in [5, 5.41) is 10.9. The van der Waals surface area contributed by atoms with E-state index in [0.717, 1.165) is 25.2 Å². The molecule has 0 radical (unpaired) electrons. The van der Waals surface area contributed by atoms with Crippen LogP contribution in [0.2, 0.25) is 0 Å². The number of para-hydroxylation sites is 1. The van der Waals surface area contributed by atoms with Gasteiger partial charge < -0.3 is 19.5 Å². The third-order valence-corrected chi connectivity index (χ3v) is 5.86. The van der Waals surface area contributed by atoms with Crippen LogP contribution in [0.4, 0.5) is 10.1 Å². The molecule has 168 valence electrons. The minimum absolute atomic E-state index is 0.321. The molecule has 1 unspecified atom stereocenters. The van der Waals surface area contributed by atoms with Crippen molar-refractivity contribution >= 4 is 5.69 Å². The molecule has 2 aromatic carbocycles. The first-order chi connectivity index (χ1) is 15.6. The number of aromatic nitrogens is 1. The molecule has 1 saturated heterocycles. The number of anilines is 1. The molecule has 4 rings (SSSR count). The fourth-order valence-electron chi connectivity index (χ4n) is 4.17. The topological polar surface area (TPSA) is 58.1 Å². The zero-order valence-corrected chi connectivity index (χ0v) is 18.4. The van der Waals surface area contributed by atoms with Crippen molar-refractivity contribution in [3.8, 4) is 11.5 Å². The summed E-state index contributed by atoms with van der Waals surface area (Å²) in [4.78, 5) is 8.43. The second-order valence-electron chi connectivity index (χ2n) is 7.82. The quantitative estimate of drug-likeness (QED) is 0.609. The van der Waals surface area contributed by atoms with Gasteiger partial charge in [-0.3, -0.25) is 9.88 Å². The van der Waals surface area contributed by atoms with Gasteiger partial charge in [0.1, 0.15) is 11.9 Å². The molecule has 1 fully saturated rings. The van der Waals surface area contributed by atoms with Gasteiger partial charge in [0.05, 0.1) is 19.9 Å². The third-order valence-electron chi connectivity index (χ3n) is 5.86. The Labute approximate surface area is 187 Å². The van der Waals surface area contributed by atoms with Crippen molar-refractivity contribution in [1.29, 1.82) is 0 Å². The van der Waals surface area contributed by atoms with Crippen molar-refractivity contribution in [2.45, 2.75) is 12.6 Å². The van der Waals surface area contributed by atoms with Gasteiger partial charge in [-0.15, -0.1) is 0 Å². The Morgan fingerprint density at radius 3 is 2.47 bits per heavy atom. The number of halogens is 1. The maximum Gasteiger partial charge on any atom is 0.161 e. The number of piperazine rings is 1. The highest BCUT2D eigenvalue weighted by Gasteiger charge is 2.25. The molecule has 2 heterocycles. The van der Waals surface area contributed by atoms with Crippen LogP contribution in [-0.4, -0.2) is 55.4 Å². The van der Waals surface area contributed by atoms with E-state index in [1.807, 2.05) is 23.1 Å². The Morgan fingerprint density at radius 1 is 1.00 bits per heavy atom. The van der Waals surface area contributed by atoms with Crippen LogP contribution in [0.5, 0.6) is 11.5 Å². The van der Waals surface area contributed by atoms with Gasteiger partial charge in [-0.1, -0.05) is 24.3 Å². The summed E-state index contributed by atoms with van der Waals surface area (Å²) < 4.78 is 25.6. The summed E-state index contributed by atoms with van der Waals surface area (Å²) in [6.45, 7) is 3.68. The van der Waals surface area contributed by atoms with E-state index in [2.05, 4.69) is 9.88 Å². The number of nitrogens with zero attached hydrogens (tertiary/aromatic N) is 3. The van der Waals surface area contributed by atoms with Crippen LogP contribution in [0.25, 0.3) is 0 Å². The lowest BCUT2D eigenvalue weighted by atomic mass is 9.99. The predicted octanol–water partition coefficient (Wildman–Crippen LogP) is 3.64. The summed E-state index contributed by atoms with van der Waals surface area (Å²) in [6, 6.07) is 14.4. The molecule has 0 spiro atoms. The van der Waals surface area contributed by atoms with Crippen molar-refractivity contribution in [3.63, 3.8) is 0 Å². The summed E-state index contributed by atoms with van der Waals surface area (Å²) in [6.07, 6.45) is 2.33. The number of benzene rings is 2. The van der Waals surface area contributed by atoms with Crippen LogP contribution in [0.3, 0.4) is 0 Å². The molecule has 7 heteroatoms. The third kappa shape index (κ3) is 4.69. The van der Waals surface area contributed by atoms with Gasteiger partial charge in [0.25, 0.3) is 0 Å². The molecule has 3 aromatic rings. The molecular weight excluding hydrogens is 409 g/mol. The number of hydrogen-bond donors (Lipinski definition) is 1. The first-order valence-electron chi connectivity index (χ1n) is 10.7.